The van der Waals surface area contributed by atoms with Crippen molar-refractivity contribution in [2.75, 3.05) is 7.05 Å². The van der Waals surface area contributed by atoms with Crippen LogP contribution >= 0.6 is 11.6 Å². The van der Waals surface area contributed by atoms with E-state index in [1.807, 2.05) is 36.2 Å². The number of carbonyl (C=O) groups excluding carboxylic acids is 2. The van der Waals surface area contributed by atoms with Crippen LogP contribution in [0.4, 0.5) is 4.79 Å². The smallest absolute Gasteiger partial charge is 0.312 e. The van der Waals surface area contributed by atoms with Gasteiger partial charge in [-0.1, -0.05) is 36.7 Å². The second-order valence-electron chi connectivity index (χ2n) is 7.50. The topological polar surface area (TPSA) is 59.5 Å². The van der Waals surface area contributed by atoms with Crippen molar-refractivity contribution in [2.45, 2.75) is 52.0 Å². The summed E-state index contributed by atoms with van der Waals surface area (Å²) in [6, 6.07) is 6.62. The van der Waals surface area contributed by atoms with E-state index in [2.05, 4.69) is 18.7 Å². The molecule has 0 saturated carbocycles. The summed E-state index contributed by atoms with van der Waals surface area (Å²) < 4.78 is 0. The molecule has 3 atom stereocenters. The van der Waals surface area contributed by atoms with Crippen molar-refractivity contribution in [3.8, 4) is 0 Å². The van der Waals surface area contributed by atoms with Gasteiger partial charge in [-0.15, -0.1) is 0 Å². The van der Waals surface area contributed by atoms with Crippen molar-refractivity contribution in [1.82, 2.24) is 19.6 Å². The summed E-state index contributed by atoms with van der Waals surface area (Å²) in [6.45, 7) is 6.42. The Morgan fingerprint density at radius 1 is 1.25 bits per heavy atom. The van der Waals surface area contributed by atoms with E-state index in [0.717, 1.165) is 23.6 Å². The summed E-state index contributed by atoms with van der Waals surface area (Å²) in [5.74, 6) is 0.497. The third kappa shape index (κ3) is 2.68. The first-order valence-electron chi connectivity index (χ1n) is 9.50. The Hall–Kier alpha value is -2.54. The van der Waals surface area contributed by atoms with E-state index in [1.165, 1.54) is 4.90 Å². The number of likely N-dealkylation sites (N-methyl/N-ethyl adjacent to an activating group) is 1. The van der Waals surface area contributed by atoms with Crippen molar-refractivity contribution in [2.24, 2.45) is 4.99 Å². The molecule has 0 spiro atoms. The van der Waals surface area contributed by atoms with Gasteiger partial charge >= 0.3 is 6.03 Å². The molecule has 0 bridgehead atoms. The van der Waals surface area contributed by atoms with Gasteiger partial charge in [0.05, 0.1) is 6.54 Å². The second kappa shape index (κ2) is 6.81. The van der Waals surface area contributed by atoms with Crippen molar-refractivity contribution in [1.29, 1.82) is 0 Å². The molecule has 0 radical (unpaired) electrons. The fourth-order valence-corrected chi connectivity index (χ4v) is 4.24. The molecule has 3 amide bonds. The second-order valence-corrected chi connectivity index (χ2v) is 7.91. The molecule has 4 rings (SSSR count). The van der Waals surface area contributed by atoms with Crippen LogP contribution in [0.3, 0.4) is 0 Å². The average molecular weight is 402 g/mol. The van der Waals surface area contributed by atoms with Crippen LogP contribution in [0.2, 0.25) is 5.02 Å². The van der Waals surface area contributed by atoms with Crippen LogP contribution < -0.4 is 0 Å². The number of amides is 3. The van der Waals surface area contributed by atoms with Crippen LogP contribution in [0.1, 0.15) is 32.8 Å². The Morgan fingerprint density at radius 3 is 2.64 bits per heavy atom. The molecule has 1 fully saturated rings. The SMILES string of the molecule is CCC(C)N1C(C)=CN2C1=NC1C2C(=O)N(Cc2ccccc2Cl)C(=O)N1C. The number of halogens is 1. The minimum absolute atomic E-state index is 0.145. The van der Waals surface area contributed by atoms with Crippen molar-refractivity contribution < 1.29 is 9.59 Å². The number of nitrogens with zero attached hydrogens (tertiary/aromatic N) is 5. The maximum Gasteiger partial charge on any atom is 0.328 e. The molecule has 3 aliphatic heterocycles. The largest absolute Gasteiger partial charge is 0.328 e. The fraction of sp³-hybridized carbons (Fsp3) is 0.450. The Bertz CT molecular complexity index is 898. The molecule has 148 valence electrons. The molecule has 3 heterocycles. The number of hydrogen-bond acceptors (Lipinski definition) is 5. The van der Waals surface area contributed by atoms with E-state index < -0.39 is 12.2 Å². The molecule has 3 unspecified atom stereocenters. The number of benzene rings is 1. The van der Waals surface area contributed by atoms with Crippen LogP contribution in [0.15, 0.2) is 41.2 Å². The first kappa shape index (κ1) is 18.8. The molecule has 1 aromatic rings. The lowest BCUT2D eigenvalue weighted by Crippen LogP contribution is -2.63. The van der Waals surface area contributed by atoms with Gasteiger partial charge in [-0.3, -0.25) is 9.69 Å². The minimum atomic E-state index is -0.552. The normalized spacial score (nSPS) is 25.0. The molecule has 0 aromatic heterocycles. The van der Waals surface area contributed by atoms with Gasteiger partial charge in [-0.05, 0) is 31.9 Å². The number of allylic oxidation sites excluding steroid dienone is 1. The molecule has 7 nitrogen and oxygen atoms in total. The van der Waals surface area contributed by atoms with Crippen LogP contribution in [-0.2, 0) is 11.3 Å². The van der Waals surface area contributed by atoms with Gasteiger partial charge in [0.2, 0.25) is 5.96 Å². The third-order valence-electron chi connectivity index (χ3n) is 5.75. The zero-order valence-electron chi connectivity index (χ0n) is 16.5. The number of guanidine groups is 1. The van der Waals surface area contributed by atoms with Gasteiger partial charge < -0.3 is 14.7 Å². The van der Waals surface area contributed by atoms with Crippen LogP contribution in [0.25, 0.3) is 0 Å². The van der Waals surface area contributed by atoms with Crippen molar-refractivity contribution in [3.05, 3.63) is 46.7 Å². The maximum atomic E-state index is 13.3. The molecule has 28 heavy (non-hydrogen) atoms. The van der Waals surface area contributed by atoms with E-state index in [0.29, 0.717) is 5.02 Å². The lowest BCUT2D eigenvalue weighted by Gasteiger charge is -2.40. The zero-order chi connectivity index (χ0) is 20.2. The van der Waals surface area contributed by atoms with Crippen LogP contribution in [-0.4, -0.2) is 62.8 Å². The number of aliphatic imine (C=N–C) groups is 1. The van der Waals surface area contributed by atoms with E-state index >= 15 is 0 Å². The van der Waals surface area contributed by atoms with Crippen LogP contribution in [0, 0.1) is 0 Å². The first-order chi connectivity index (χ1) is 13.3. The number of imide groups is 1. The quantitative estimate of drug-likeness (QED) is 0.778. The summed E-state index contributed by atoms with van der Waals surface area (Å²) in [7, 11) is 1.70. The maximum absolute atomic E-state index is 13.3. The van der Waals surface area contributed by atoms with E-state index in [9.17, 15) is 9.59 Å². The lowest BCUT2D eigenvalue weighted by atomic mass is 10.1. The Morgan fingerprint density at radius 2 is 1.96 bits per heavy atom. The summed E-state index contributed by atoms with van der Waals surface area (Å²) >= 11 is 6.25. The zero-order valence-corrected chi connectivity index (χ0v) is 17.2. The fourth-order valence-electron chi connectivity index (χ4n) is 4.04. The van der Waals surface area contributed by atoms with E-state index in [-0.39, 0.29) is 24.5 Å². The Kier molecular flexibility index (Phi) is 4.57. The number of carbonyl (C=O) groups is 2. The molecule has 1 aromatic carbocycles. The highest BCUT2D eigenvalue weighted by Gasteiger charge is 2.54. The number of rotatable bonds is 4. The molecular formula is C20H24ClN5O2. The number of fused-ring (bicyclic) bond motifs is 3. The van der Waals surface area contributed by atoms with E-state index in [1.54, 1.807) is 18.0 Å². The van der Waals surface area contributed by atoms with Crippen LogP contribution in [0.5, 0.6) is 0 Å². The van der Waals surface area contributed by atoms with Crippen molar-refractivity contribution in [3.63, 3.8) is 0 Å². The van der Waals surface area contributed by atoms with Crippen molar-refractivity contribution >= 4 is 29.5 Å². The first-order valence-corrected chi connectivity index (χ1v) is 9.88. The highest BCUT2D eigenvalue weighted by molar-refractivity contribution is 6.31. The third-order valence-corrected chi connectivity index (χ3v) is 6.12. The van der Waals surface area contributed by atoms with Gasteiger partial charge in [0.15, 0.2) is 12.2 Å². The van der Waals surface area contributed by atoms with Gasteiger partial charge in [-0.2, -0.15) is 0 Å². The average Bonchev–Trinajstić information content (AvgIpc) is 3.18. The molecule has 0 N–H and O–H groups in total. The summed E-state index contributed by atoms with van der Waals surface area (Å²) in [5.41, 5.74) is 1.79. The predicted octanol–water partition coefficient (Wildman–Crippen LogP) is 3.08. The highest BCUT2D eigenvalue weighted by Crippen LogP contribution is 2.35. The standard InChI is InChI=1S/C20H24ClN5O2/c1-5-12(2)26-13(3)10-24-16-17(22-19(24)26)23(4)20(28)25(18(16)27)11-14-8-6-7-9-15(14)21/h6-10,12,16-17H,5,11H2,1-4H3. The molecule has 8 heteroatoms. The molecule has 1 saturated heterocycles. The Balaban J connectivity index is 1.66. The predicted molar refractivity (Wildman–Crippen MR) is 107 cm³/mol. The highest BCUT2D eigenvalue weighted by atomic mass is 35.5. The molecule has 3 aliphatic rings. The number of urea groups is 1. The van der Waals surface area contributed by atoms with E-state index in [4.69, 9.17) is 16.6 Å². The van der Waals surface area contributed by atoms with Gasteiger partial charge in [0, 0.05) is 30.0 Å². The number of hydrogen-bond donors (Lipinski definition) is 0. The summed E-state index contributed by atoms with van der Waals surface area (Å²) in [5, 5.41) is 0.538. The Labute approximate surface area is 169 Å². The lowest BCUT2D eigenvalue weighted by molar-refractivity contribution is -0.137. The monoisotopic (exact) mass is 401 g/mol. The minimum Gasteiger partial charge on any atom is -0.312 e. The van der Waals surface area contributed by atoms with Gasteiger partial charge in [0.1, 0.15) is 0 Å². The van der Waals surface area contributed by atoms with Gasteiger partial charge in [-0.25, -0.2) is 9.79 Å². The van der Waals surface area contributed by atoms with Gasteiger partial charge in [0.25, 0.3) is 5.91 Å². The summed E-state index contributed by atoms with van der Waals surface area (Å²) in [4.78, 5) is 37.9. The molecular weight excluding hydrogens is 378 g/mol. The molecule has 0 aliphatic carbocycles. The summed E-state index contributed by atoms with van der Waals surface area (Å²) in [6.07, 6.45) is 2.40.